The Bertz CT molecular complexity index is 490. The number of amides is 1. The third-order valence-electron chi connectivity index (χ3n) is 4.59. The van der Waals surface area contributed by atoms with Crippen molar-refractivity contribution in [2.75, 3.05) is 27.3 Å². The number of ether oxygens (including phenoxy) is 2. The first-order valence-corrected chi connectivity index (χ1v) is 8.36. The maximum atomic E-state index is 12.3. The number of rotatable bonds is 7. The van der Waals surface area contributed by atoms with Crippen LogP contribution < -0.4 is 15.2 Å². The molecule has 5 heteroatoms. The average Bonchev–Trinajstić information content (AvgIpc) is 2.57. The van der Waals surface area contributed by atoms with Crippen LogP contribution in [-0.2, 0) is 4.79 Å². The molecule has 5 nitrogen and oxygen atoms in total. The minimum atomic E-state index is 0.158. The van der Waals surface area contributed by atoms with Crippen molar-refractivity contribution < 1.29 is 14.3 Å². The SMILES string of the molecule is COc1ccc(OCCN(C)C(=O)CC2CCCCC2N)cc1. The highest BCUT2D eigenvalue weighted by Crippen LogP contribution is 2.26. The zero-order valence-corrected chi connectivity index (χ0v) is 14.2. The van der Waals surface area contributed by atoms with E-state index in [1.54, 1.807) is 12.0 Å². The van der Waals surface area contributed by atoms with Crippen molar-refractivity contribution in [3.05, 3.63) is 24.3 Å². The average molecular weight is 320 g/mol. The first kappa shape index (κ1) is 17.6. The van der Waals surface area contributed by atoms with Crippen LogP contribution >= 0.6 is 0 Å². The Morgan fingerprint density at radius 3 is 2.52 bits per heavy atom. The monoisotopic (exact) mass is 320 g/mol. The zero-order valence-electron chi connectivity index (χ0n) is 14.2. The van der Waals surface area contributed by atoms with E-state index >= 15 is 0 Å². The van der Waals surface area contributed by atoms with Gasteiger partial charge >= 0.3 is 0 Å². The van der Waals surface area contributed by atoms with Crippen molar-refractivity contribution in [2.24, 2.45) is 11.7 Å². The topological polar surface area (TPSA) is 64.8 Å². The lowest BCUT2D eigenvalue weighted by molar-refractivity contribution is -0.131. The van der Waals surface area contributed by atoms with Gasteiger partial charge in [0.1, 0.15) is 18.1 Å². The molecule has 0 spiro atoms. The normalized spacial score (nSPS) is 20.8. The first-order valence-electron chi connectivity index (χ1n) is 8.36. The minimum Gasteiger partial charge on any atom is -0.497 e. The number of likely N-dealkylation sites (N-methyl/N-ethyl adjacent to an activating group) is 1. The van der Waals surface area contributed by atoms with Crippen molar-refractivity contribution in [3.8, 4) is 11.5 Å². The standard InChI is InChI=1S/C18H28N2O3/c1-20(18(21)13-14-5-3-4-6-17(14)19)11-12-23-16-9-7-15(22-2)8-10-16/h7-10,14,17H,3-6,11-13,19H2,1-2H3. The molecule has 2 atom stereocenters. The zero-order chi connectivity index (χ0) is 16.7. The third-order valence-corrected chi connectivity index (χ3v) is 4.59. The molecule has 1 aliphatic rings. The smallest absolute Gasteiger partial charge is 0.222 e. The van der Waals surface area contributed by atoms with E-state index < -0.39 is 0 Å². The molecule has 23 heavy (non-hydrogen) atoms. The summed E-state index contributed by atoms with van der Waals surface area (Å²) in [5.74, 6) is 2.07. The molecule has 128 valence electrons. The number of carbonyl (C=O) groups excluding carboxylic acids is 1. The summed E-state index contributed by atoms with van der Waals surface area (Å²) in [5, 5.41) is 0. The van der Waals surface area contributed by atoms with Gasteiger partial charge in [0.05, 0.1) is 13.7 Å². The number of hydrogen-bond donors (Lipinski definition) is 1. The van der Waals surface area contributed by atoms with Gasteiger partial charge < -0.3 is 20.1 Å². The molecule has 1 aromatic carbocycles. The quantitative estimate of drug-likeness (QED) is 0.838. The van der Waals surface area contributed by atoms with Crippen molar-refractivity contribution in [1.29, 1.82) is 0 Å². The molecule has 2 N–H and O–H groups in total. The van der Waals surface area contributed by atoms with Crippen LogP contribution in [0.5, 0.6) is 11.5 Å². The number of methoxy groups -OCH3 is 1. The van der Waals surface area contributed by atoms with Gasteiger partial charge in [-0.1, -0.05) is 12.8 Å². The molecule has 2 unspecified atom stereocenters. The van der Waals surface area contributed by atoms with Crippen LogP contribution in [0.3, 0.4) is 0 Å². The highest BCUT2D eigenvalue weighted by atomic mass is 16.5. The summed E-state index contributed by atoms with van der Waals surface area (Å²) in [5.41, 5.74) is 6.12. The van der Waals surface area contributed by atoms with Gasteiger partial charge in [0.25, 0.3) is 0 Å². The van der Waals surface area contributed by atoms with Crippen molar-refractivity contribution in [2.45, 2.75) is 38.1 Å². The molecule has 0 heterocycles. The highest BCUT2D eigenvalue weighted by molar-refractivity contribution is 5.76. The van der Waals surface area contributed by atoms with Gasteiger partial charge in [-0.2, -0.15) is 0 Å². The van der Waals surface area contributed by atoms with E-state index in [2.05, 4.69) is 0 Å². The van der Waals surface area contributed by atoms with E-state index in [-0.39, 0.29) is 11.9 Å². The molecule has 0 aliphatic heterocycles. The lowest BCUT2D eigenvalue weighted by Gasteiger charge is -2.29. The summed E-state index contributed by atoms with van der Waals surface area (Å²) in [4.78, 5) is 14.0. The summed E-state index contributed by atoms with van der Waals surface area (Å²) >= 11 is 0. The van der Waals surface area contributed by atoms with E-state index in [4.69, 9.17) is 15.2 Å². The number of carbonyl (C=O) groups is 1. The maximum Gasteiger partial charge on any atom is 0.222 e. The Labute approximate surface area is 138 Å². The summed E-state index contributed by atoms with van der Waals surface area (Å²) < 4.78 is 10.8. The fourth-order valence-corrected chi connectivity index (χ4v) is 2.97. The fraction of sp³-hybridized carbons (Fsp3) is 0.611. The summed E-state index contributed by atoms with van der Waals surface area (Å²) in [6.07, 6.45) is 5.05. The van der Waals surface area contributed by atoms with Crippen molar-refractivity contribution in [1.82, 2.24) is 4.90 Å². The van der Waals surface area contributed by atoms with E-state index in [9.17, 15) is 4.79 Å². The molecule has 1 saturated carbocycles. The fourth-order valence-electron chi connectivity index (χ4n) is 2.97. The van der Waals surface area contributed by atoms with Gasteiger partial charge in [0.2, 0.25) is 5.91 Å². The van der Waals surface area contributed by atoms with E-state index in [0.29, 0.717) is 25.5 Å². The van der Waals surface area contributed by atoms with Gasteiger partial charge in [0, 0.05) is 19.5 Å². The molecule has 0 saturated heterocycles. The van der Waals surface area contributed by atoms with E-state index in [0.717, 1.165) is 24.3 Å². The highest BCUT2D eigenvalue weighted by Gasteiger charge is 2.25. The Hall–Kier alpha value is -1.75. The Kier molecular flexibility index (Phi) is 6.71. The first-order chi connectivity index (χ1) is 11.1. The maximum absolute atomic E-state index is 12.3. The second kappa shape index (κ2) is 8.77. The molecule has 1 aliphatic carbocycles. The van der Waals surface area contributed by atoms with Crippen LogP contribution in [0.4, 0.5) is 0 Å². The lowest BCUT2D eigenvalue weighted by Crippen LogP contribution is -2.38. The minimum absolute atomic E-state index is 0.158. The van der Waals surface area contributed by atoms with Crippen LogP contribution in [0, 0.1) is 5.92 Å². The third kappa shape index (κ3) is 5.43. The molecule has 1 amide bonds. The summed E-state index contributed by atoms with van der Waals surface area (Å²) in [6.45, 7) is 1.05. The lowest BCUT2D eigenvalue weighted by atomic mass is 9.83. The van der Waals surface area contributed by atoms with Crippen LogP contribution in [0.2, 0.25) is 0 Å². The number of nitrogens with two attached hydrogens (primary N) is 1. The summed E-state index contributed by atoms with van der Waals surface area (Å²) in [7, 11) is 3.46. The van der Waals surface area contributed by atoms with Gasteiger partial charge in [-0.15, -0.1) is 0 Å². The molecule has 0 radical (unpaired) electrons. The molecular formula is C18H28N2O3. The van der Waals surface area contributed by atoms with Gasteiger partial charge in [-0.25, -0.2) is 0 Å². The Morgan fingerprint density at radius 2 is 1.87 bits per heavy atom. The van der Waals surface area contributed by atoms with E-state index in [1.165, 1.54) is 12.8 Å². The molecule has 1 fully saturated rings. The van der Waals surface area contributed by atoms with Crippen molar-refractivity contribution in [3.63, 3.8) is 0 Å². The molecule has 0 aromatic heterocycles. The Morgan fingerprint density at radius 1 is 1.22 bits per heavy atom. The van der Waals surface area contributed by atoms with Crippen LogP contribution in [-0.4, -0.2) is 44.2 Å². The van der Waals surface area contributed by atoms with E-state index in [1.807, 2.05) is 31.3 Å². The predicted molar refractivity (Wildman–Crippen MR) is 90.7 cm³/mol. The number of nitrogens with zero attached hydrogens (tertiary/aromatic N) is 1. The molecule has 0 bridgehead atoms. The second-order valence-electron chi connectivity index (χ2n) is 6.25. The van der Waals surface area contributed by atoms with Gasteiger partial charge in [0.15, 0.2) is 0 Å². The largest absolute Gasteiger partial charge is 0.497 e. The van der Waals surface area contributed by atoms with Crippen molar-refractivity contribution >= 4 is 5.91 Å². The van der Waals surface area contributed by atoms with Crippen LogP contribution in [0.1, 0.15) is 32.1 Å². The molecular weight excluding hydrogens is 292 g/mol. The summed E-state index contributed by atoms with van der Waals surface area (Å²) in [6, 6.07) is 7.61. The molecule has 2 rings (SSSR count). The Balaban J connectivity index is 1.70. The molecule has 1 aromatic rings. The second-order valence-corrected chi connectivity index (χ2v) is 6.25. The predicted octanol–water partition coefficient (Wildman–Crippen LogP) is 2.44. The number of hydrogen-bond acceptors (Lipinski definition) is 4. The van der Waals surface area contributed by atoms with Crippen LogP contribution in [0.15, 0.2) is 24.3 Å². The van der Waals surface area contributed by atoms with Crippen LogP contribution in [0.25, 0.3) is 0 Å². The van der Waals surface area contributed by atoms with Gasteiger partial charge in [-0.05, 0) is 43.0 Å². The number of benzene rings is 1. The van der Waals surface area contributed by atoms with Gasteiger partial charge in [-0.3, -0.25) is 4.79 Å².